The first kappa shape index (κ1) is 21.7. The van der Waals surface area contributed by atoms with Crippen LogP contribution in [0.5, 0.6) is 0 Å². The third-order valence-corrected chi connectivity index (χ3v) is 4.40. The van der Waals surface area contributed by atoms with E-state index in [1.807, 2.05) is 60.7 Å². The fourth-order valence-corrected chi connectivity index (χ4v) is 2.86. The van der Waals surface area contributed by atoms with Crippen LogP contribution in [0, 0.1) is 0 Å². The van der Waals surface area contributed by atoms with Gasteiger partial charge in [0.25, 0.3) is 0 Å². The van der Waals surface area contributed by atoms with Gasteiger partial charge in [-0.2, -0.15) is 0 Å². The Morgan fingerprint density at radius 2 is 1.73 bits per heavy atom. The summed E-state index contributed by atoms with van der Waals surface area (Å²) < 4.78 is 7.03. The van der Waals surface area contributed by atoms with Crippen molar-refractivity contribution in [3.05, 3.63) is 83.7 Å². The zero-order chi connectivity index (χ0) is 21.0. The molecule has 0 aliphatic rings. The molecule has 1 N–H and O–H groups in total. The number of ether oxygens (including phenoxy) is 1. The fraction of sp³-hybridized carbons (Fsp3) is 0.348. The molecule has 0 saturated carbocycles. The Balaban J connectivity index is 1.57. The number of benzene rings is 2. The van der Waals surface area contributed by atoms with Gasteiger partial charge in [-0.15, -0.1) is 5.10 Å². The summed E-state index contributed by atoms with van der Waals surface area (Å²) in [7, 11) is 0. The average Bonchev–Trinajstić information content (AvgIpc) is 3.22. The van der Waals surface area contributed by atoms with Crippen LogP contribution >= 0.6 is 0 Å². The van der Waals surface area contributed by atoms with Gasteiger partial charge in [0, 0.05) is 17.7 Å². The summed E-state index contributed by atoms with van der Waals surface area (Å²) in [6.07, 6.45) is 3.18. The Labute approximate surface area is 176 Å². The predicted octanol–water partition coefficient (Wildman–Crippen LogP) is 3.42. The van der Waals surface area contributed by atoms with Crippen LogP contribution in [0.2, 0.25) is 0 Å². The number of rotatable bonds is 12. The van der Waals surface area contributed by atoms with E-state index in [0.717, 1.165) is 29.7 Å². The Morgan fingerprint density at radius 1 is 1.07 bits per heavy atom. The highest BCUT2D eigenvalue weighted by Crippen LogP contribution is 2.12. The molecular formula is C23H28N4O3. The molecule has 1 atom stereocenters. The molecule has 1 unspecified atom stereocenters. The van der Waals surface area contributed by atoms with Gasteiger partial charge in [0.1, 0.15) is 11.4 Å². The van der Waals surface area contributed by atoms with Crippen molar-refractivity contribution >= 4 is 5.71 Å². The highest BCUT2D eigenvalue weighted by Gasteiger charge is 2.10. The summed E-state index contributed by atoms with van der Waals surface area (Å²) in [5, 5.41) is 22.5. The standard InChI is InChI=1S/C23H28N4O3/c1-2-3-14-29-18-22(28)16-27-15-21(24-26-27)17-30-25-23(19-10-6-4-7-11-19)20-12-8-5-9-13-20/h4-13,15,22,28H,2-3,14,16-18H2,1H3. The lowest BCUT2D eigenvalue weighted by atomic mass is 10.0. The fourth-order valence-electron chi connectivity index (χ4n) is 2.86. The predicted molar refractivity (Wildman–Crippen MR) is 115 cm³/mol. The second-order valence-corrected chi connectivity index (χ2v) is 6.96. The lowest BCUT2D eigenvalue weighted by Crippen LogP contribution is -2.22. The lowest BCUT2D eigenvalue weighted by Gasteiger charge is -2.10. The number of nitrogens with zero attached hydrogens (tertiary/aromatic N) is 4. The maximum atomic E-state index is 10.0. The molecule has 0 amide bonds. The van der Waals surface area contributed by atoms with Gasteiger partial charge in [-0.05, 0) is 6.42 Å². The average molecular weight is 409 g/mol. The van der Waals surface area contributed by atoms with Crippen LogP contribution in [0.15, 0.2) is 72.0 Å². The van der Waals surface area contributed by atoms with Crippen molar-refractivity contribution in [3.8, 4) is 0 Å². The van der Waals surface area contributed by atoms with Crippen molar-refractivity contribution in [2.75, 3.05) is 13.2 Å². The lowest BCUT2D eigenvalue weighted by molar-refractivity contribution is 0.0251. The smallest absolute Gasteiger partial charge is 0.162 e. The molecule has 1 heterocycles. The molecule has 3 rings (SSSR count). The monoisotopic (exact) mass is 408 g/mol. The second kappa shape index (κ2) is 11.8. The molecule has 158 valence electrons. The maximum absolute atomic E-state index is 10.0. The van der Waals surface area contributed by atoms with E-state index in [1.165, 1.54) is 0 Å². The van der Waals surface area contributed by atoms with Crippen LogP contribution in [-0.2, 0) is 22.7 Å². The molecule has 7 nitrogen and oxygen atoms in total. The van der Waals surface area contributed by atoms with E-state index in [1.54, 1.807) is 10.9 Å². The van der Waals surface area contributed by atoms with E-state index in [0.29, 0.717) is 18.8 Å². The summed E-state index contributed by atoms with van der Waals surface area (Å²) >= 11 is 0. The molecule has 0 aliphatic heterocycles. The molecule has 3 aromatic rings. The largest absolute Gasteiger partial charge is 0.389 e. The zero-order valence-electron chi connectivity index (χ0n) is 17.2. The van der Waals surface area contributed by atoms with Crippen molar-refractivity contribution in [1.29, 1.82) is 0 Å². The maximum Gasteiger partial charge on any atom is 0.162 e. The number of oxime groups is 1. The summed E-state index contributed by atoms with van der Waals surface area (Å²) in [4.78, 5) is 5.59. The van der Waals surface area contributed by atoms with Gasteiger partial charge in [0.15, 0.2) is 6.61 Å². The first-order chi connectivity index (χ1) is 14.8. The second-order valence-electron chi connectivity index (χ2n) is 6.96. The number of aliphatic hydroxyl groups excluding tert-OH is 1. The third-order valence-electron chi connectivity index (χ3n) is 4.40. The number of hydrogen-bond acceptors (Lipinski definition) is 6. The van der Waals surface area contributed by atoms with E-state index >= 15 is 0 Å². The number of aromatic nitrogens is 3. The van der Waals surface area contributed by atoms with Crippen molar-refractivity contribution in [2.45, 2.75) is 39.0 Å². The molecule has 0 saturated heterocycles. The zero-order valence-corrected chi connectivity index (χ0v) is 17.2. The van der Waals surface area contributed by atoms with Gasteiger partial charge in [-0.1, -0.05) is 84.4 Å². The normalized spacial score (nSPS) is 11.8. The molecule has 7 heteroatoms. The molecule has 0 bridgehead atoms. The first-order valence-corrected chi connectivity index (χ1v) is 10.2. The summed E-state index contributed by atoms with van der Waals surface area (Å²) in [5.41, 5.74) is 3.33. The summed E-state index contributed by atoms with van der Waals surface area (Å²) in [6, 6.07) is 19.8. The van der Waals surface area contributed by atoms with Gasteiger partial charge < -0.3 is 14.7 Å². The Kier molecular flexibility index (Phi) is 8.56. The minimum atomic E-state index is -0.627. The van der Waals surface area contributed by atoms with Gasteiger partial charge in [-0.3, -0.25) is 0 Å². The van der Waals surface area contributed by atoms with Gasteiger partial charge in [-0.25, -0.2) is 4.68 Å². The van der Waals surface area contributed by atoms with Crippen LogP contribution < -0.4 is 0 Å². The van der Waals surface area contributed by atoms with Crippen LogP contribution in [-0.4, -0.2) is 45.1 Å². The summed E-state index contributed by atoms with van der Waals surface area (Å²) in [6.45, 7) is 3.56. The van der Waals surface area contributed by atoms with Crippen molar-refractivity contribution in [1.82, 2.24) is 15.0 Å². The molecule has 2 aromatic carbocycles. The molecule has 0 spiro atoms. The van der Waals surface area contributed by atoms with Crippen molar-refractivity contribution in [3.63, 3.8) is 0 Å². The highest BCUT2D eigenvalue weighted by molar-refractivity contribution is 6.12. The van der Waals surface area contributed by atoms with Crippen LogP contribution in [0.3, 0.4) is 0 Å². The van der Waals surface area contributed by atoms with Gasteiger partial charge in [0.2, 0.25) is 0 Å². The summed E-state index contributed by atoms with van der Waals surface area (Å²) in [5.74, 6) is 0. The Morgan fingerprint density at radius 3 is 2.37 bits per heavy atom. The molecule has 0 radical (unpaired) electrons. The SMILES string of the molecule is CCCCOCC(O)Cn1cc(CON=C(c2ccccc2)c2ccccc2)nn1. The minimum Gasteiger partial charge on any atom is -0.389 e. The van der Waals surface area contributed by atoms with E-state index in [9.17, 15) is 5.11 Å². The Hall–Kier alpha value is -3.03. The molecule has 1 aromatic heterocycles. The Bertz CT molecular complexity index is 856. The highest BCUT2D eigenvalue weighted by atomic mass is 16.6. The molecule has 0 aliphatic carbocycles. The molecular weight excluding hydrogens is 380 g/mol. The van der Waals surface area contributed by atoms with Crippen LogP contribution in [0.25, 0.3) is 0 Å². The number of aliphatic hydroxyl groups is 1. The van der Waals surface area contributed by atoms with E-state index in [2.05, 4.69) is 22.4 Å². The van der Waals surface area contributed by atoms with Crippen molar-refractivity contribution < 1.29 is 14.7 Å². The topological polar surface area (TPSA) is 81.8 Å². The number of unbranched alkanes of at least 4 members (excludes halogenated alkanes) is 1. The van der Waals surface area contributed by atoms with E-state index in [4.69, 9.17) is 9.57 Å². The van der Waals surface area contributed by atoms with Crippen LogP contribution in [0.1, 0.15) is 36.6 Å². The van der Waals surface area contributed by atoms with Gasteiger partial charge >= 0.3 is 0 Å². The third kappa shape index (κ3) is 6.79. The van der Waals surface area contributed by atoms with Crippen molar-refractivity contribution in [2.24, 2.45) is 5.16 Å². The van der Waals surface area contributed by atoms with E-state index in [-0.39, 0.29) is 13.2 Å². The van der Waals surface area contributed by atoms with E-state index < -0.39 is 6.10 Å². The molecule has 0 fully saturated rings. The first-order valence-electron chi connectivity index (χ1n) is 10.2. The van der Waals surface area contributed by atoms with Crippen LogP contribution in [0.4, 0.5) is 0 Å². The molecule has 30 heavy (non-hydrogen) atoms. The minimum absolute atomic E-state index is 0.187. The van der Waals surface area contributed by atoms with Gasteiger partial charge in [0.05, 0.1) is 25.5 Å². The number of hydrogen-bond donors (Lipinski definition) is 1. The quantitative estimate of drug-likeness (QED) is 0.282.